The van der Waals surface area contributed by atoms with E-state index in [2.05, 4.69) is 41.5 Å². The molecule has 0 saturated heterocycles. The number of nitrogens with one attached hydrogen (secondary N) is 1. The molecule has 0 amide bonds. The van der Waals surface area contributed by atoms with Gasteiger partial charge in [0.1, 0.15) is 5.75 Å². The zero-order chi connectivity index (χ0) is 14.2. The third-order valence-electron chi connectivity index (χ3n) is 3.35. The van der Waals surface area contributed by atoms with Crippen molar-refractivity contribution in [1.82, 2.24) is 10.3 Å². The fourth-order valence-corrected chi connectivity index (χ4v) is 2.22. The fraction of sp³-hybridized carbons (Fsp3) is 0.353. The molecule has 1 unspecified atom stereocenters. The standard InChI is InChI=1S/C17H22N2O/c1-3-10-19-17(15-8-11-18-12-9-15)13-14-4-6-16(20-2)7-5-14/h4-9,11-12,17,19H,3,10,13H2,1-2H3. The molecule has 1 heterocycles. The Labute approximate surface area is 121 Å². The second kappa shape index (κ2) is 7.65. The Morgan fingerprint density at radius 2 is 1.80 bits per heavy atom. The van der Waals surface area contributed by atoms with E-state index in [0.29, 0.717) is 6.04 Å². The molecule has 1 N–H and O–H groups in total. The van der Waals surface area contributed by atoms with E-state index in [4.69, 9.17) is 4.74 Å². The van der Waals surface area contributed by atoms with E-state index in [9.17, 15) is 0 Å². The molecular formula is C17H22N2O. The Morgan fingerprint density at radius 3 is 2.40 bits per heavy atom. The van der Waals surface area contributed by atoms with E-state index in [1.165, 1.54) is 11.1 Å². The van der Waals surface area contributed by atoms with Crippen molar-refractivity contribution in [2.45, 2.75) is 25.8 Å². The van der Waals surface area contributed by atoms with Crippen molar-refractivity contribution in [2.75, 3.05) is 13.7 Å². The molecule has 2 aromatic rings. The minimum atomic E-state index is 0.325. The molecule has 0 bridgehead atoms. The summed E-state index contributed by atoms with van der Waals surface area (Å²) >= 11 is 0. The zero-order valence-corrected chi connectivity index (χ0v) is 12.2. The van der Waals surface area contributed by atoms with E-state index in [1.807, 2.05) is 24.5 Å². The number of nitrogens with zero attached hydrogens (tertiary/aromatic N) is 1. The summed E-state index contributed by atoms with van der Waals surface area (Å²) in [7, 11) is 1.69. The lowest BCUT2D eigenvalue weighted by Crippen LogP contribution is -2.24. The quantitative estimate of drug-likeness (QED) is 0.837. The van der Waals surface area contributed by atoms with Crippen LogP contribution in [-0.4, -0.2) is 18.6 Å². The lowest BCUT2D eigenvalue weighted by Gasteiger charge is -2.19. The van der Waals surface area contributed by atoms with Crippen molar-refractivity contribution in [3.05, 3.63) is 59.9 Å². The number of hydrogen-bond donors (Lipinski definition) is 1. The molecule has 0 fully saturated rings. The van der Waals surface area contributed by atoms with Crippen LogP contribution in [0.25, 0.3) is 0 Å². The summed E-state index contributed by atoms with van der Waals surface area (Å²) in [6.07, 6.45) is 5.80. The maximum absolute atomic E-state index is 5.20. The molecule has 1 aromatic heterocycles. The van der Waals surface area contributed by atoms with Crippen molar-refractivity contribution < 1.29 is 4.74 Å². The highest BCUT2D eigenvalue weighted by Gasteiger charge is 2.11. The lowest BCUT2D eigenvalue weighted by atomic mass is 9.99. The molecule has 0 aliphatic rings. The normalized spacial score (nSPS) is 12.1. The summed E-state index contributed by atoms with van der Waals surface area (Å²) in [4.78, 5) is 4.09. The first-order valence-electron chi connectivity index (χ1n) is 7.09. The average molecular weight is 270 g/mol. The monoisotopic (exact) mass is 270 g/mol. The van der Waals surface area contributed by atoms with Gasteiger partial charge in [-0.25, -0.2) is 0 Å². The van der Waals surface area contributed by atoms with Gasteiger partial charge in [0.15, 0.2) is 0 Å². The molecule has 1 aromatic carbocycles. The molecular weight excluding hydrogens is 248 g/mol. The van der Waals surface area contributed by atoms with Gasteiger partial charge in [-0.1, -0.05) is 19.1 Å². The first-order valence-corrected chi connectivity index (χ1v) is 7.09. The number of benzene rings is 1. The van der Waals surface area contributed by atoms with E-state index in [-0.39, 0.29) is 0 Å². The van der Waals surface area contributed by atoms with E-state index >= 15 is 0 Å². The van der Waals surface area contributed by atoms with Crippen LogP contribution < -0.4 is 10.1 Å². The Balaban J connectivity index is 2.10. The number of hydrogen-bond acceptors (Lipinski definition) is 3. The molecule has 3 heteroatoms. The van der Waals surface area contributed by atoms with Crippen LogP contribution in [0.5, 0.6) is 5.75 Å². The number of ether oxygens (including phenoxy) is 1. The maximum Gasteiger partial charge on any atom is 0.118 e. The highest BCUT2D eigenvalue weighted by Crippen LogP contribution is 2.20. The molecule has 106 valence electrons. The first kappa shape index (κ1) is 14.5. The Morgan fingerprint density at radius 1 is 1.10 bits per heavy atom. The van der Waals surface area contributed by atoms with Crippen molar-refractivity contribution in [3.8, 4) is 5.75 Å². The van der Waals surface area contributed by atoms with E-state index < -0.39 is 0 Å². The van der Waals surface area contributed by atoms with Gasteiger partial charge in [-0.3, -0.25) is 4.98 Å². The van der Waals surface area contributed by atoms with Crippen LogP contribution in [-0.2, 0) is 6.42 Å². The second-order valence-corrected chi connectivity index (χ2v) is 4.84. The molecule has 20 heavy (non-hydrogen) atoms. The molecule has 0 spiro atoms. The van der Waals surface area contributed by atoms with Gasteiger partial charge < -0.3 is 10.1 Å². The van der Waals surface area contributed by atoms with Crippen molar-refractivity contribution >= 4 is 0 Å². The Bertz CT molecular complexity index is 496. The third kappa shape index (κ3) is 4.07. The predicted octanol–water partition coefficient (Wildman–Crippen LogP) is 3.37. The van der Waals surface area contributed by atoms with Gasteiger partial charge >= 0.3 is 0 Å². The summed E-state index contributed by atoms with van der Waals surface area (Å²) in [6.45, 7) is 3.20. The summed E-state index contributed by atoms with van der Waals surface area (Å²) in [6, 6.07) is 12.8. The Kier molecular flexibility index (Phi) is 5.56. The predicted molar refractivity (Wildman–Crippen MR) is 82.0 cm³/mol. The van der Waals surface area contributed by atoms with E-state index in [0.717, 1.165) is 25.1 Å². The molecule has 0 aliphatic heterocycles. The molecule has 2 rings (SSSR count). The number of rotatable bonds is 7. The minimum Gasteiger partial charge on any atom is -0.497 e. The summed E-state index contributed by atoms with van der Waals surface area (Å²) < 4.78 is 5.20. The maximum atomic E-state index is 5.20. The average Bonchev–Trinajstić information content (AvgIpc) is 2.53. The van der Waals surface area contributed by atoms with E-state index in [1.54, 1.807) is 7.11 Å². The third-order valence-corrected chi connectivity index (χ3v) is 3.35. The van der Waals surface area contributed by atoms with Crippen LogP contribution in [0.1, 0.15) is 30.5 Å². The number of aromatic nitrogens is 1. The van der Waals surface area contributed by atoms with Crippen LogP contribution in [0, 0.1) is 0 Å². The summed E-state index contributed by atoms with van der Waals surface area (Å²) in [5.74, 6) is 0.899. The van der Waals surface area contributed by atoms with Gasteiger partial charge in [0.2, 0.25) is 0 Å². The summed E-state index contributed by atoms with van der Waals surface area (Å²) in [5, 5.41) is 3.60. The van der Waals surface area contributed by atoms with Crippen LogP contribution in [0.3, 0.4) is 0 Å². The molecule has 0 radical (unpaired) electrons. The first-order chi connectivity index (χ1) is 9.83. The lowest BCUT2D eigenvalue weighted by molar-refractivity contribution is 0.414. The van der Waals surface area contributed by atoms with Gasteiger partial charge in [-0.05, 0) is 54.8 Å². The molecule has 0 aliphatic carbocycles. The van der Waals surface area contributed by atoms with Crippen LogP contribution >= 0.6 is 0 Å². The van der Waals surface area contributed by atoms with Gasteiger partial charge in [-0.15, -0.1) is 0 Å². The van der Waals surface area contributed by atoms with Crippen molar-refractivity contribution in [2.24, 2.45) is 0 Å². The molecule has 1 atom stereocenters. The zero-order valence-electron chi connectivity index (χ0n) is 12.2. The van der Waals surface area contributed by atoms with Crippen molar-refractivity contribution in [1.29, 1.82) is 0 Å². The highest BCUT2D eigenvalue weighted by molar-refractivity contribution is 5.29. The highest BCUT2D eigenvalue weighted by atomic mass is 16.5. The molecule has 3 nitrogen and oxygen atoms in total. The second-order valence-electron chi connectivity index (χ2n) is 4.84. The number of methoxy groups -OCH3 is 1. The van der Waals surface area contributed by atoms with Gasteiger partial charge in [0.25, 0.3) is 0 Å². The van der Waals surface area contributed by atoms with Crippen LogP contribution in [0.4, 0.5) is 0 Å². The minimum absolute atomic E-state index is 0.325. The Hall–Kier alpha value is -1.87. The SMILES string of the molecule is CCCNC(Cc1ccc(OC)cc1)c1ccncc1. The largest absolute Gasteiger partial charge is 0.497 e. The van der Waals surface area contributed by atoms with Gasteiger partial charge in [0.05, 0.1) is 7.11 Å². The van der Waals surface area contributed by atoms with Crippen LogP contribution in [0.2, 0.25) is 0 Å². The van der Waals surface area contributed by atoms with Crippen molar-refractivity contribution in [3.63, 3.8) is 0 Å². The van der Waals surface area contributed by atoms with Crippen LogP contribution in [0.15, 0.2) is 48.8 Å². The smallest absolute Gasteiger partial charge is 0.118 e. The topological polar surface area (TPSA) is 34.1 Å². The van der Waals surface area contributed by atoms with Gasteiger partial charge in [-0.2, -0.15) is 0 Å². The fourth-order valence-electron chi connectivity index (χ4n) is 2.22. The molecule has 0 saturated carbocycles. The number of pyridine rings is 1. The summed E-state index contributed by atoms with van der Waals surface area (Å²) in [5.41, 5.74) is 2.58. The van der Waals surface area contributed by atoms with Gasteiger partial charge in [0, 0.05) is 18.4 Å².